The molecule has 1 atom stereocenters. The number of hydrogen-bond acceptors (Lipinski definition) is 3. The molecule has 142 valence electrons. The van der Waals surface area contributed by atoms with Crippen LogP contribution in [0.25, 0.3) is 0 Å². The van der Waals surface area contributed by atoms with Gasteiger partial charge in [0.25, 0.3) is 5.91 Å². The van der Waals surface area contributed by atoms with E-state index in [2.05, 4.69) is 5.32 Å². The largest absolute Gasteiger partial charge is 0.325 e. The molecule has 0 aliphatic carbocycles. The van der Waals surface area contributed by atoms with Crippen molar-refractivity contribution >= 4 is 17.5 Å². The molecule has 0 fully saturated rings. The highest BCUT2D eigenvalue weighted by molar-refractivity contribution is 6.06. The van der Waals surface area contributed by atoms with Crippen LogP contribution in [0.3, 0.4) is 0 Å². The van der Waals surface area contributed by atoms with Crippen LogP contribution in [0.2, 0.25) is 0 Å². The Hall–Kier alpha value is -3.44. The first-order valence-corrected chi connectivity index (χ1v) is 9.07. The van der Waals surface area contributed by atoms with E-state index in [0.29, 0.717) is 10.8 Å². The Morgan fingerprint density at radius 1 is 0.786 bits per heavy atom. The van der Waals surface area contributed by atoms with Crippen molar-refractivity contribution in [1.82, 2.24) is 5.06 Å². The van der Waals surface area contributed by atoms with Crippen LogP contribution in [-0.4, -0.2) is 22.1 Å². The van der Waals surface area contributed by atoms with Gasteiger partial charge < -0.3 is 5.32 Å². The molecule has 0 radical (unpaired) electrons. The molecular weight excluding hydrogens is 352 g/mol. The average Bonchev–Trinajstić information content (AvgIpc) is 2.73. The number of carbonyl (C=O) groups excluding carboxylic acids is 2. The molecule has 2 amide bonds. The normalized spacial score (nSPS) is 11.5. The molecule has 5 heteroatoms. The van der Waals surface area contributed by atoms with Crippen molar-refractivity contribution in [2.24, 2.45) is 5.92 Å². The highest BCUT2D eigenvalue weighted by Crippen LogP contribution is 2.16. The summed E-state index contributed by atoms with van der Waals surface area (Å²) in [6.07, 6.45) is 0.199. The smallest absolute Gasteiger partial charge is 0.259 e. The van der Waals surface area contributed by atoms with Gasteiger partial charge in [-0.15, -0.1) is 0 Å². The minimum Gasteiger partial charge on any atom is -0.325 e. The summed E-state index contributed by atoms with van der Waals surface area (Å²) >= 11 is 0. The first-order valence-electron chi connectivity index (χ1n) is 9.07. The lowest BCUT2D eigenvalue weighted by atomic mass is 9.97. The molecular formula is C23H22N2O3. The van der Waals surface area contributed by atoms with Crippen molar-refractivity contribution in [1.29, 1.82) is 0 Å². The molecule has 0 saturated carbocycles. The highest BCUT2D eigenvalue weighted by atomic mass is 16.5. The fraction of sp³-hybridized carbons (Fsp3) is 0.130. The molecule has 3 aromatic rings. The van der Waals surface area contributed by atoms with E-state index in [9.17, 15) is 14.8 Å². The van der Waals surface area contributed by atoms with Gasteiger partial charge in [0, 0.05) is 5.69 Å². The lowest BCUT2D eigenvalue weighted by Crippen LogP contribution is -2.40. The Balaban J connectivity index is 1.78. The maximum absolute atomic E-state index is 12.9. The summed E-state index contributed by atoms with van der Waals surface area (Å²) in [7, 11) is 0. The second-order valence-corrected chi connectivity index (χ2v) is 6.48. The van der Waals surface area contributed by atoms with E-state index in [-0.39, 0.29) is 13.0 Å². The third-order valence-electron chi connectivity index (χ3n) is 4.37. The standard InChI is InChI=1S/C23H22N2O3/c26-22(24-20-14-8-3-9-15-20)21(16-18-10-4-1-5-11-18)23(27)25(28)17-19-12-6-2-7-13-19/h1-15,21,28H,16-17H2,(H,24,26). The number of amides is 2. The molecule has 0 aliphatic heterocycles. The minimum absolute atomic E-state index is 0.0174. The van der Waals surface area contributed by atoms with Crippen molar-refractivity contribution in [3.8, 4) is 0 Å². The summed E-state index contributed by atoms with van der Waals surface area (Å²) in [6.45, 7) is 0.0174. The predicted molar refractivity (Wildman–Crippen MR) is 107 cm³/mol. The Kier molecular flexibility index (Phi) is 6.54. The van der Waals surface area contributed by atoms with Crippen LogP contribution in [-0.2, 0) is 22.6 Å². The van der Waals surface area contributed by atoms with Crippen LogP contribution < -0.4 is 5.32 Å². The second kappa shape index (κ2) is 9.48. The summed E-state index contributed by atoms with van der Waals surface area (Å²) in [4.78, 5) is 25.7. The molecule has 0 saturated heterocycles. The Morgan fingerprint density at radius 2 is 1.29 bits per heavy atom. The molecule has 5 nitrogen and oxygen atoms in total. The maximum atomic E-state index is 12.9. The van der Waals surface area contributed by atoms with Gasteiger partial charge in [-0.25, -0.2) is 5.06 Å². The Morgan fingerprint density at radius 3 is 1.86 bits per heavy atom. The first kappa shape index (κ1) is 19.3. The molecule has 0 bridgehead atoms. The average molecular weight is 374 g/mol. The zero-order chi connectivity index (χ0) is 19.8. The lowest BCUT2D eigenvalue weighted by molar-refractivity contribution is -0.173. The van der Waals surface area contributed by atoms with Gasteiger partial charge in [-0.2, -0.15) is 0 Å². The van der Waals surface area contributed by atoms with Crippen molar-refractivity contribution < 1.29 is 14.8 Å². The van der Waals surface area contributed by atoms with Crippen molar-refractivity contribution in [3.05, 3.63) is 102 Å². The van der Waals surface area contributed by atoms with Gasteiger partial charge in [-0.05, 0) is 29.7 Å². The van der Waals surface area contributed by atoms with Gasteiger partial charge >= 0.3 is 0 Å². The van der Waals surface area contributed by atoms with Crippen LogP contribution in [0.4, 0.5) is 5.69 Å². The van der Waals surface area contributed by atoms with Crippen LogP contribution >= 0.6 is 0 Å². The zero-order valence-electron chi connectivity index (χ0n) is 15.4. The maximum Gasteiger partial charge on any atom is 0.259 e. The van der Waals surface area contributed by atoms with Crippen LogP contribution in [0.15, 0.2) is 91.0 Å². The Labute approximate surface area is 164 Å². The van der Waals surface area contributed by atoms with Crippen LogP contribution in [0, 0.1) is 5.92 Å². The van der Waals surface area contributed by atoms with E-state index in [4.69, 9.17) is 0 Å². The van der Waals surface area contributed by atoms with Gasteiger partial charge in [-0.3, -0.25) is 14.8 Å². The lowest BCUT2D eigenvalue weighted by Gasteiger charge is -2.22. The van der Waals surface area contributed by atoms with Crippen molar-refractivity contribution in [2.45, 2.75) is 13.0 Å². The second-order valence-electron chi connectivity index (χ2n) is 6.48. The number of carbonyl (C=O) groups is 2. The van der Waals surface area contributed by atoms with Crippen molar-refractivity contribution in [2.75, 3.05) is 5.32 Å². The zero-order valence-corrected chi connectivity index (χ0v) is 15.4. The van der Waals surface area contributed by atoms with Gasteiger partial charge in [0.15, 0.2) is 0 Å². The molecule has 0 aliphatic rings. The van der Waals surface area contributed by atoms with E-state index >= 15 is 0 Å². The van der Waals surface area contributed by atoms with E-state index in [1.54, 1.807) is 24.3 Å². The third kappa shape index (κ3) is 5.28. The number of hydroxylamine groups is 2. The molecule has 0 spiro atoms. The quantitative estimate of drug-likeness (QED) is 0.374. The van der Waals surface area contributed by atoms with E-state index in [0.717, 1.165) is 11.1 Å². The van der Waals surface area contributed by atoms with E-state index in [1.807, 2.05) is 66.7 Å². The van der Waals surface area contributed by atoms with Gasteiger partial charge in [0.2, 0.25) is 5.91 Å². The number of nitrogens with zero attached hydrogens (tertiary/aromatic N) is 1. The summed E-state index contributed by atoms with van der Waals surface area (Å²) in [6, 6.07) is 27.4. The molecule has 3 rings (SSSR count). The minimum atomic E-state index is -1.05. The summed E-state index contributed by atoms with van der Waals surface area (Å²) in [5, 5.41) is 13.7. The van der Waals surface area contributed by atoms with E-state index < -0.39 is 17.7 Å². The summed E-state index contributed by atoms with van der Waals surface area (Å²) in [5.74, 6) is -2.13. The SMILES string of the molecule is O=C(Nc1ccccc1)C(Cc1ccccc1)C(=O)N(O)Cc1ccccc1. The molecule has 2 N–H and O–H groups in total. The predicted octanol–water partition coefficient (Wildman–Crippen LogP) is 3.90. The van der Waals surface area contributed by atoms with Crippen molar-refractivity contribution in [3.63, 3.8) is 0 Å². The monoisotopic (exact) mass is 374 g/mol. The Bertz CT molecular complexity index is 899. The number of anilines is 1. The number of para-hydroxylation sites is 1. The molecule has 3 aromatic carbocycles. The fourth-order valence-electron chi connectivity index (χ4n) is 2.91. The van der Waals surface area contributed by atoms with Crippen LogP contribution in [0.5, 0.6) is 0 Å². The molecule has 1 unspecified atom stereocenters. The summed E-state index contributed by atoms with van der Waals surface area (Å²) in [5.41, 5.74) is 2.23. The van der Waals surface area contributed by atoms with Gasteiger partial charge in [0.1, 0.15) is 5.92 Å². The first-order chi connectivity index (χ1) is 13.6. The number of hydrogen-bond donors (Lipinski definition) is 2. The topological polar surface area (TPSA) is 69.6 Å². The number of benzene rings is 3. The molecule has 0 aromatic heterocycles. The highest BCUT2D eigenvalue weighted by Gasteiger charge is 2.31. The van der Waals surface area contributed by atoms with Crippen LogP contribution in [0.1, 0.15) is 11.1 Å². The number of nitrogens with one attached hydrogen (secondary N) is 1. The fourth-order valence-corrected chi connectivity index (χ4v) is 2.91. The summed E-state index contributed by atoms with van der Waals surface area (Å²) < 4.78 is 0. The molecule has 0 heterocycles. The van der Waals surface area contributed by atoms with Gasteiger partial charge in [0.05, 0.1) is 6.54 Å². The number of rotatable bonds is 7. The van der Waals surface area contributed by atoms with E-state index in [1.165, 1.54) is 0 Å². The molecule has 28 heavy (non-hydrogen) atoms. The third-order valence-corrected chi connectivity index (χ3v) is 4.37. The van der Waals surface area contributed by atoms with Gasteiger partial charge in [-0.1, -0.05) is 78.9 Å².